The van der Waals surface area contributed by atoms with Crippen molar-refractivity contribution in [1.82, 2.24) is 0 Å². The third kappa shape index (κ3) is 1.78. The normalized spacial score (nSPS) is 13.4. The van der Waals surface area contributed by atoms with Crippen molar-refractivity contribution >= 4 is 11.4 Å². The van der Waals surface area contributed by atoms with E-state index in [9.17, 15) is 0 Å². The van der Waals surface area contributed by atoms with Crippen molar-refractivity contribution in [2.75, 3.05) is 0 Å². The molecule has 2 aromatic rings. The molecule has 0 saturated heterocycles. The van der Waals surface area contributed by atoms with E-state index < -0.39 is 0 Å². The second kappa shape index (κ2) is 3.85. The zero-order chi connectivity index (χ0) is 11.8. The van der Waals surface area contributed by atoms with E-state index in [0.29, 0.717) is 0 Å². The Labute approximate surface area is 102 Å². The number of fused-ring (bicyclic) bond motifs is 1. The number of para-hydroxylation sites is 1. The number of benzene rings is 2. The fourth-order valence-electron chi connectivity index (χ4n) is 2.37. The summed E-state index contributed by atoms with van der Waals surface area (Å²) in [4.78, 5) is 4.78. The minimum absolute atomic E-state index is 0.959. The van der Waals surface area contributed by atoms with Crippen LogP contribution in [0.5, 0.6) is 0 Å². The van der Waals surface area contributed by atoms with Gasteiger partial charge in [-0.15, -0.1) is 0 Å². The Morgan fingerprint density at radius 1 is 1.00 bits per heavy atom. The van der Waals surface area contributed by atoms with Gasteiger partial charge in [-0.05, 0) is 30.5 Å². The average Bonchev–Trinajstić information content (AvgIpc) is 2.74. The van der Waals surface area contributed by atoms with Crippen LogP contribution in [0, 0.1) is 13.8 Å². The standard InChI is InChI=1S/C16H15N/c1-11-5-3-7-13(9-11)15-10-14-8-4-6-12(2)16(14)17-15/h3-9H,10H2,1-2H3. The second-order valence-corrected chi connectivity index (χ2v) is 4.69. The van der Waals surface area contributed by atoms with Gasteiger partial charge in [-0.3, -0.25) is 4.99 Å². The molecule has 0 atom stereocenters. The third-order valence-electron chi connectivity index (χ3n) is 3.28. The van der Waals surface area contributed by atoms with Crippen LogP contribution in [0.15, 0.2) is 47.5 Å². The van der Waals surface area contributed by atoms with Crippen LogP contribution in [0.1, 0.15) is 22.3 Å². The molecule has 0 aliphatic carbocycles. The summed E-state index contributed by atoms with van der Waals surface area (Å²) in [5.74, 6) is 0. The van der Waals surface area contributed by atoms with Gasteiger partial charge in [0.15, 0.2) is 0 Å². The zero-order valence-electron chi connectivity index (χ0n) is 10.2. The van der Waals surface area contributed by atoms with Gasteiger partial charge in [-0.1, -0.05) is 48.0 Å². The molecule has 1 heterocycles. The van der Waals surface area contributed by atoms with Crippen LogP contribution in [0.2, 0.25) is 0 Å². The molecular formula is C16H15N. The lowest BCUT2D eigenvalue weighted by Crippen LogP contribution is -2.00. The SMILES string of the molecule is Cc1cccc(C2=Nc3c(C)cccc3C2)c1. The largest absolute Gasteiger partial charge is 0.252 e. The predicted octanol–water partition coefficient (Wildman–Crippen LogP) is 3.98. The van der Waals surface area contributed by atoms with E-state index in [1.807, 2.05) is 0 Å². The molecule has 0 bridgehead atoms. The highest BCUT2D eigenvalue weighted by molar-refractivity contribution is 6.06. The lowest BCUT2D eigenvalue weighted by molar-refractivity contribution is 1.34. The molecule has 84 valence electrons. The molecule has 0 amide bonds. The van der Waals surface area contributed by atoms with E-state index >= 15 is 0 Å². The summed E-state index contributed by atoms with van der Waals surface area (Å²) in [6.07, 6.45) is 0.959. The number of hydrogen-bond acceptors (Lipinski definition) is 1. The van der Waals surface area contributed by atoms with Crippen LogP contribution in [-0.4, -0.2) is 5.71 Å². The van der Waals surface area contributed by atoms with Crippen LogP contribution in [-0.2, 0) is 6.42 Å². The molecule has 0 aromatic heterocycles. The summed E-state index contributed by atoms with van der Waals surface area (Å²) in [5.41, 5.74) is 7.52. The molecule has 0 fully saturated rings. The number of aryl methyl sites for hydroxylation is 2. The lowest BCUT2D eigenvalue weighted by atomic mass is 10.0. The first-order valence-electron chi connectivity index (χ1n) is 5.97. The second-order valence-electron chi connectivity index (χ2n) is 4.69. The highest BCUT2D eigenvalue weighted by Crippen LogP contribution is 2.31. The van der Waals surface area contributed by atoms with E-state index in [2.05, 4.69) is 56.3 Å². The van der Waals surface area contributed by atoms with Crippen LogP contribution in [0.3, 0.4) is 0 Å². The molecule has 1 nitrogen and oxygen atoms in total. The van der Waals surface area contributed by atoms with Gasteiger partial charge in [-0.25, -0.2) is 0 Å². The predicted molar refractivity (Wildman–Crippen MR) is 72.3 cm³/mol. The quantitative estimate of drug-likeness (QED) is 0.690. The molecule has 1 aliphatic rings. The van der Waals surface area contributed by atoms with Gasteiger partial charge < -0.3 is 0 Å². The fourth-order valence-corrected chi connectivity index (χ4v) is 2.37. The molecule has 2 aromatic carbocycles. The monoisotopic (exact) mass is 221 g/mol. The van der Waals surface area contributed by atoms with E-state index in [4.69, 9.17) is 4.99 Å². The third-order valence-corrected chi connectivity index (χ3v) is 3.28. The Morgan fingerprint density at radius 3 is 2.59 bits per heavy atom. The summed E-state index contributed by atoms with van der Waals surface area (Å²) in [7, 11) is 0. The maximum Gasteiger partial charge on any atom is 0.0698 e. The average molecular weight is 221 g/mol. The van der Waals surface area contributed by atoms with Crippen molar-refractivity contribution in [3.8, 4) is 0 Å². The van der Waals surface area contributed by atoms with Crippen LogP contribution < -0.4 is 0 Å². The number of nitrogens with zero attached hydrogens (tertiary/aromatic N) is 1. The van der Waals surface area contributed by atoms with E-state index in [1.54, 1.807) is 0 Å². The van der Waals surface area contributed by atoms with Gasteiger partial charge >= 0.3 is 0 Å². The number of rotatable bonds is 1. The van der Waals surface area contributed by atoms with Crippen molar-refractivity contribution < 1.29 is 0 Å². The fraction of sp³-hybridized carbons (Fsp3) is 0.188. The molecule has 0 saturated carbocycles. The van der Waals surface area contributed by atoms with Crippen molar-refractivity contribution in [3.63, 3.8) is 0 Å². The summed E-state index contributed by atoms with van der Waals surface area (Å²) in [5, 5.41) is 0. The number of hydrogen-bond donors (Lipinski definition) is 0. The van der Waals surface area contributed by atoms with Crippen LogP contribution in [0.25, 0.3) is 0 Å². The lowest BCUT2D eigenvalue weighted by Gasteiger charge is -2.01. The van der Waals surface area contributed by atoms with E-state index in [1.165, 1.54) is 33.7 Å². The Bertz CT molecular complexity index is 609. The summed E-state index contributed by atoms with van der Waals surface area (Å²) < 4.78 is 0. The summed E-state index contributed by atoms with van der Waals surface area (Å²) >= 11 is 0. The van der Waals surface area contributed by atoms with Crippen molar-refractivity contribution in [1.29, 1.82) is 0 Å². The van der Waals surface area contributed by atoms with Crippen molar-refractivity contribution in [2.24, 2.45) is 4.99 Å². The minimum Gasteiger partial charge on any atom is -0.252 e. The van der Waals surface area contributed by atoms with Crippen molar-refractivity contribution in [2.45, 2.75) is 20.3 Å². The van der Waals surface area contributed by atoms with Crippen molar-refractivity contribution in [3.05, 3.63) is 64.7 Å². The topological polar surface area (TPSA) is 12.4 Å². The van der Waals surface area contributed by atoms with Gasteiger partial charge in [0.25, 0.3) is 0 Å². The Kier molecular flexibility index (Phi) is 2.32. The highest BCUT2D eigenvalue weighted by Gasteiger charge is 2.16. The molecule has 0 N–H and O–H groups in total. The molecule has 17 heavy (non-hydrogen) atoms. The first-order chi connectivity index (χ1) is 8.24. The van der Waals surface area contributed by atoms with Gasteiger partial charge in [0, 0.05) is 6.42 Å². The first-order valence-corrected chi connectivity index (χ1v) is 5.97. The summed E-state index contributed by atoms with van der Waals surface area (Å²) in [6.45, 7) is 4.25. The zero-order valence-corrected chi connectivity index (χ0v) is 10.2. The maximum absolute atomic E-state index is 4.78. The maximum atomic E-state index is 4.78. The minimum atomic E-state index is 0.959. The Balaban J connectivity index is 2.05. The molecule has 0 radical (unpaired) electrons. The smallest absolute Gasteiger partial charge is 0.0698 e. The molecular weight excluding hydrogens is 206 g/mol. The van der Waals surface area contributed by atoms with E-state index in [-0.39, 0.29) is 0 Å². The Morgan fingerprint density at radius 2 is 1.82 bits per heavy atom. The van der Waals surface area contributed by atoms with Crippen LogP contribution in [0.4, 0.5) is 5.69 Å². The molecule has 3 rings (SSSR count). The Hall–Kier alpha value is -1.89. The van der Waals surface area contributed by atoms with Gasteiger partial charge in [0.1, 0.15) is 0 Å². The van der Waals surface area contributed by atoms with E-state index in [0.717, 1.165) is 6.42 Å². The van der Waals surface area contributed by atoms with Gasteiger partial charge in [0.2, 0.25) is 0 Å². The first kappa shape index (κ1) is 10.3. The van der Waals surface area contributed by atoms with Gasteiger partial charge in [0.05, 0.1) is 11.4 Å². The van der Waals surface area contributed by atoms with Gasteiger partial charge in [-0.2, -0.15) is 0 Å². The molecule has 1 heteroatoms. The molecule has 0 unspecified atom stereocenters. The highest BCUT2D eigenvalue weighted by atomic mass is 14.8. The molecule has 0 spiro atoms. The number of aliphatic imine (C=N–C) groups is 1. The van der Waals surface area contributed by atoms with Crippen LogP contribution >= 0.6 is 0 Å². The summed E-state index contributed by atoms with van der Waals surface area (Å²) in [6, 6.07) is 15.0. The molecule has 1 aliphatic heterocycles.